The number of benzene rings is 4. The number of carbonyl (C=O) groups is 2. The summed E-state index contributed by atoms with van der Waals surface area (Å²) in [5.41, 5.74) is 1.13. The van der Waals surface area contributed by atoms with Crippen LogP contribution >= 0.6 is 0 Å². The fourth-order valence-corrected chi connectivity index (χ4v) is 4.18. The van der Waals surface area contributed by atoms with Crippen molar-refractivity contribution < 1.29 is 84.0 Å². The third-order valence-electron chi connectivity index (χ3n) is 5.66. The van der Waals surface area contributed by atoms with Crippen molar-refractivity contribution in [1.82, 2.24) is 0 Å². The Hall–Kier alpha value is -1.67. The Balaban J connectivity index is 0.00000193. The van der Waals surface area contributed by atoms with Crippen LogP contribution in [-0.4, -0.2) is 29.0 Å². The van der Waals surface area contributed by atoms with E-state index < -0.39 is 30.3 Å². The fourth-order valence-electron chi connectivity index (χ4n) is 4.18. The van der Waals surface area contributed by atoms with Crippen LogP contribution in [0.2, 0.25) is 0 Å². The number of aryl methyl sites for hydroxylation is 1. The summed E-state index contributed by atoms with van der Waals surface area (Å²) in [7, 11) is 0. The number of aliphatic carboxylic acids is 2. The minimum Gasteiger partial charge on any atom is -0.862 e. The second kappa shape index (κ2) is 12.2. The number of hydrogen-bond acceptors (Lipinski definition) is 5. The molecular weight excluding hydrogens is 440 g/mol. The van der Waals surface area contributed by atoms with Gasteiger partial charge in [0, 0.05) is 5.97 Å². The zero-order chi connectivity index (χ0) is 22.0. The van der Waals surface area contributed by atoms with Crippen LogP contribution in [0.1, 0.15) is 31.2 Å². The number of carboxylic acid groups (broad SMARTS) is 2. The van der Waals surface area contributed by atoms with E-state index >= 15 is 0 Å². The first-order valence-corrected chi connectivity index (χ1v) is 10.3. The minimum atomic E-state index is -1.36. The van der Waals surface area contributed by atoms with Gasteiger partial charge >= 0.3 is 65.1 Å². The molecular formula is C25H21NNa2O5. The summed E-state index contributed by atoms with van der Waals surface area (Å²) in [6, 6.07) is 17.6. The molecule has 4 aromatic rings. The normalized spacial score (nSPS) is 12.4. The van der Waals surface area contributed by atoms with Gasteiger partial charge in [0.05, 0.1) is 0 Å². The molecule has 0 radical (unpaired) electrons. The summed E-state index contributed by atoms with van der Waals surface area (Å²) < 4.78 is 0. The molecule has 0 aliphatic heterocycles. The summed E-state index contributed by atoms with van der Waals surface area (Å²) in [5, 5.41) is 39.0. The standard InChI is InChI=1S/C25H23NO5.2Na/c27-21(26-20(25(30)31)13-14-22(28)29)6-2-3-15-7-8-18-10-9-16-4-1-5-17-11-12-19(15)24(18)23(16)17;;/h1,4-5,7-12,20H,2-3,6,13-14H2,(H,26,27)(H,28,29)(H,30,31);;/q;2*+1/p-2/t20-;;/m0../s1. The largest absolute Gasteiger partial charge is 1.00 e. The van der Waals surface area contributed by atoms with Gasteiger partial charge in [-0.25, -0.2) is 4.79 Å². The van der Waals surface area contributed by atoms with E-state index in [1.807, 2.05) is 0 Å². The first-order valence-electron chi connectivity index (χ1n) is 10.3. The number of carbonyl (C=O) groups excluding carboxylic acids is 1. The van der Waals surface area contributed by atoms with Crippen molar-refractivity contribution in [1.29, 1.82) is 0 Å². The fraction of sp³-hybridized carbons (Fsp3) is 0.240. The Morgan fingerprint density at radius 1 is 0.848 bits per heavy atom. The van der Waals surface area contributed by atoms with Crippen LogP contribution in [0.25, 0.3) is 32.3 Å². The zero-order valence-corrected chi connectivity index (χ0v) is 22.8. The number of nitrogens with zero attached hydrogens (tertiary/aromatic N) is 1. The van der Waals surface area contributed by atoms with Gasteiger partial charge in [0.2, 0.25) is 0 Å². The summed E-state index contributed by atoms with van der Waals surface area (Å²) >= 11 is 0. The van der Waals surface area contributed by atoms with Gasteiger partial charge in [0.1, 0.15) is 6.04 Å². The van der Waals surface area contributed by atoms with E-state index in [4.69, 9.17) is 5.11 Å². The zero-order valence-electron chi connectivity index (χ0n) is 18.8. The van der Waals surface area contributed by atoms with Crippen LogP contribution in [-0.2, 0) is 16.0 Å². The SMILES string of the molecule is O=C([O-])CC[C@H](N=C([O-])CCCc1ccc2ccc3cccc4ccc1c2c34)C(=O)O.[Na+].[Na+]. The van der Waals surface area contributed by atoms with Gasteiger partial charge in [-0.2, -0.15) is 0 Å². The Bertz CT molecular complexity index is 1290. The molecule has 0 amide bonds. The van der Waals surface area contributed by atoms with Crippen molar-refractivity contribution >= 4 is 50.2 Å². The van der Waals surface area contributed by atoms with Gasteiger partial charge in [-0.05, 0) is 75.9 Å². The van der Waals surface area contributed by atoms with E-state index in [0.717, 1.165) is 10.9 Å². The average Bonchev–Trinajstić information content (AvgIpc) is 2.75. The number of hydrogen-bond donors (Lipinski definition) is 1. The van der Waals surface area contributed by atoms with E-state index in [0.29, 0.717) is 12.8 Å². The monoisotopic (exact) mass is 461 g/mol. The third kappa shape index (κ3) is 6.27. The van der Waals surface area contributed by atoms with E-state index in [-0.39, 0.29) is 72.0 Å². The molecule has 0 saturated carbocycles. The number of rotatable bonds is 9. The second-order valence-corrected chi connectivity index (χ2v) is 7.72. The first kappa shape index (κ1) is 27.6. The molecule has 0 bridgehead atoms. The minimum absolute atomic E-state index is 0. The molecule has 4 rings (SSSR count). The van der Waals surface area contributed by atoms with Gasteiger partial charge < -0.3 is 20.1 Å². The second-order valence-electron chi connectivity index (χ2n) is 7.72. The summed E-state index contributed by atoms with van der Waals surface area (Å²) in [6.45, 7) is 0. The maximum absolute atomic E-state index is 12.1. The van der Waals surface area contributed by atoms with Crippen molar-refractivity contribution in [3.05, 3.63) is 60.2 Å². The molecule has 0 fully saturated rings. The van der Waals surface area contributed by atoms with Crippen molar-refractivity contribution in [2.24, 2.45) is 4.99 Å². The molecule has 4 aromatic carbocycles. The van der Waals surface area contributed by atoms with Gasteiger partial charge in [-0.15, -0.1) is 0 Å². The Morgan fingerprint density at radius 2 is 1.45 bits per heavy atom. The van der Waals surface area contributed by atoms with Crippen molar-refractivity contribution in [3.8, 4) is 0 Å². The summed E-state index contributed by atoms with van der Waals surface area (Å²) in [4.78, 5) is 25.4. The predicted molar refractivity (Wildman–Crippen MR) is 116 cm³/mol. The Morgan fingerprint density at radius 3 is 2.09 bits per heavy atom. The summed E-state index contributed by atoms with van der Waals surface area (Å²) in [5.74, 6) is -3.19. The van der Waals surface area contributed by atoms with Crippen LogP contribution in [0.5, 0.6) is 0 Å². The number of aliphatic imine (C=N–C) groups is 1. The first-order chi connectivity index (χ1) is 14.9. The van der Waals surface area contributed by atoms with Crippen LogP contribution in [0.15, 0.2) is 59.6 Å². The maximum Gasteiger partial charge on any atom is 1.00 e. The van der Waals surface area contributed by atoms with Crippen molar-refractivity contribution in [2.75, 3.05) is 0 Å². The van der Waals surface area contributed by atoms with Crippen LogP contribution < -0.4 is 69.3 Å². The van der Waals surface area contributed by atoms with Crippen molar-refractivity contribution in [2.45, 2.75) is 38.1 Å². The van der Waals surface area contributed by atoms with Gasteiger partial charge in [0.25, 0.3) is 0 Å². The molecule has 1 N–H and O–H groups in total. The quantitative estimate of drug-likeness (QED) is 0.121. The molecule has 0 unspecified atom stereocenters. The predicted octanol–water partition coefficient (Wildman–Crippen LogP) is -3.34. The third-order valence-corrected chi connectivity index (χ3v) is 5.66. The Kier molecular flexibility index (Phi) is 10.2. The summed E-state index contributed by atoms with van der Waals surface area (Å²) in [6.07, 6.45) is 0.595. The Labute approximate surface area is 235 Å². The molecule has 0 saturated heterocycles. The molecule has 0 aliphatic carbocycles. The molecule has 0 aromatic heterocycles. The molecule has 1 atom stereocenters. The topological polar surface area (TPSA) is 113 Å². The molecule has 0 heterocycles. The average molecular weight is 461 g/mol. The molecule has 8 heteroatoms. The van der Waals surface area contributed by atoms with E-state index in [1.165, 1.54) is 26.9 Å². The molecule has 6 nitrogen and oxygen atoms in total. The molecule has 0 aliphatic rings. The van der Waals surface area contributed by atoms with Crippen molar-refractivity contribution in [3.63, 3.8) is 0 Å². The molecule has 0 spiro atoms. The smallest absolute Gasteiger partial charge is 0.862 e. The number of carboxylic acids is 2. The van der Waals surface area contributed by atoms with Gasteiger partial charge in [0.15, 0.2) is 0 Å². The van der Waals surface area contributed by atoms with Crippen LogP contribution in [0.3, 0.4) is 0 Å². The van der Waals surface area contributed by atoms with Crippen LogP contribution in [0, 0.1) is 0 Å². The molecule has 158 valence electrons. The maximum atomic E-state index is 12.1. The van der Waals surface area contributed by atoms with E-state index in [1.54, 1.807) is 0 Å². The van der Waals surface area contributed by atoms with E-state index in [2.05, 4.69) is 59.6 Å². The van der Waals surface area contributed by atoms with Gasteiger partial charge in [-0.1, -0.05) is 54.6 Å². The van der Waals surface area contributed by atoms with Crippen LogP contribution in [0.4, 0.5) is 0 Å². The van der Waals surface area contributed by atoms with Gasteiger partial charge in [-0.3, -0.25) is 4.99 Å². The van der Waals surface area contributed by atoms with E-state index in [9.17, 15) is 19.8 Å². The molecule has 33 heavy (non-hydrogen) atoms.